The third-order valence-electron chi connectivity index (χ3n) is 8.61. The maximum atomic E-state index is 16.7. The predicted molar refractivity (Wildman–Crippen MR) is 164 cm³/mol. The van der Waals surface area contributed by atoms with E-state index in [1.807, 2.05) is 10.2 Å². The van der Waals surface area contributed by atoms with Crippen molar-refractivity contribution in [3.8, 4) is 23.0 Å². The second-order valence-corrected chi connectivity index (χ2v) is 12.7. The van der Waals surface area contributed by atoms with Crippen LogP contribution in [0, 0.1) is 11.6 Å². The molecule has 16 heteroatoms. The lowest BCUT2D eigenvalue weighted by Crippen LogP contribution is -2.43. The Kier molecular flexibility index (Phi) is 8.02. The van der Waals surface area contributed by atoms with E-state index in [9.17, 15) is 26.7 Å². The molecular weight excluding hydrogens is 664 g/mol. The zero-order valence-electron chi connectivity index (χ0n) is 24.8. The molecule has 0 unspecified atom stereocenters. The van der Waals surface area contributed by atoms with E-state index in [4.69, 9.17) is 14.6 Å². The van der Waals surface area contributed by atoms with Gasteiger partial charge in [-0.25, -0.2) is 22.9 Å². The van der Waals surface area contributed by atoms with Gasteiger partial charge in [0.05, 0.1) is 26.7 Å². The van der Waals surface area contributed by atoms with E-state index in [1.54, 1.807) is 30.3 Å². The molecule has 2 saturated heterocycles. The van der Waals surface area contributed by atoms with Crippen LogP contribution in [0.4, 0.5) is 36.3 Å². The fraction of sp³-hybridized carbons (Fsp3) is 0.312. The van der Waals surface area contributed by atoms with Gasteiger partial charge in [0.2, 0.25) is 5.88 Å². The Bertz CT molecular complexity index is 2050. The quantitative estimate of drug-likeness (QED) is 0.159. The van der Waals surface area contributed by atoms with Crippen LogP contribution in [-0.4, -0.2) is 62.5 Å². The number of fused-ring (bicyclic) bond motifs is 3. The number of thiazole rings is 1. The summed E-state index contributed by atoms with van der Waals surface area (Å²) in [7, 11) is 0. The summed E-state index contributed by atoms with van der Waals surface area (Å²) in [5.41, 5.74) is -3.80. The SMILES string of the molecule is O=C(O)Nc1nc2c(-c3c(C(F)(F)F)cc4c(OCc5ccccc5)nc(OC[C@@]56CCCN5C[C@H](F)C6)nc4c3F)ccc(F)c2s1. The first kappa shape index (κ1) is 31.9. The highest BCUT2D eigenvalue weighted by Crippen LogP contribution is 2.46. The van der Waals surface area contributed by atoms with E-state index in [2.05, 4.69) is 15.0 Å². The Balaban J connectivity index is 1.40. The van der Waals surface area contributed by atoms with Gasteiger partial charge in [-0.1, -0.05) is 41.7 Å². The zero-order valence-corrected chi connectivity index (χ0v) is 25.6. The van der Waals surface area contributed by atoms with Crippen LogP contribution < -0.4 is 14.8 Å². The summed E-state index contributed by atoms with van der Waals surface area (Å²) < 4.78 is 102. The average Bonchev–Trinajstić information content (AvgIpc) is 3.72. The number of hydrogen-bond acceptors (Lipinski definition) is 8. The van der Waals surface area contributed by atoms with Crippen LogP contribution in [0.2, 0.25) is 0 Å². The minimum absolute atomic E-state index is 0.0388. The minimum Gasteiger partial charge on any atom is -0.472 e. The highest BCUT2D eigenvalue weighted by Gasteiger charge is 2.49. The lowest BCUT2D eigenvalue weighted by Gasteiger charge is -2.30. The Morgan fingerprint density at radius 1 is 1.08 bits per heavy atom. The van der Waals surface area contributed by atoms with E-state index in [0.717, 1.165) is 18.6 Å². The highest BCUT2D eigenvalue weighted by molar-refractivity contribution is 7.22. The van der Waals surface area contributed by atoms with Crippen molar-refractivity contribution in [1.29, 1.82) is 0 Å². The molecule has 3 aromatic carbocycles. The van der Waals surface area contributed by atoms with Gasteiger partial charge in [-0.05, 0) is 43.1 Å². The van der Waals surface area contributed by atoms with E-state index in [1.165, 1.54) is 0 Å². The largest absolute Gasteiger partial charge is 0.472 e. The number of ether oxygens (including phenoxy) is 2. The van der Waals surface area contributed by atoms with Crippen LogP contribution in [0.25, 0.3) is 32.2 Å². The van der Waals surface area contributed by atoms with E-state index in [-0.39, 0.29) is 53.4 Å². The molecular formula is C32H25F6N5O4S. The number of rotatable bonds is 8. The molecule has 5 aromatic rings. The number of carbonyl (C=O) groups is 1. The zero-order chi connectivity index (χ0) is 33.8. The summed E-state index contributed by atoms with van der Waals surface area (Å²) in [6, 6.07) is 10.8. The Morgan fingerprint density at radius 3 is 2.62 bits per heavy atom. The lowest BCUT2D eigenvalue weighted by atomic mass is 9.95. The molecule has 4 heterocycles. The molecule has 7 rings (SSSR count). The van der Waals surface area contributed by atoms with Crippen LogP contribution in [0.1, 0.15) is 30.4 Å². The molecule has 0 aliphatic carbocycles. The molecule has 0 bridgehead atoms. The van der Waals surface area contributed by atoms with Crippen LogP contribution in [0.5, 0.6) is 11.9 Å². The Morgan fingerprint density at radius 2 is 1.88 bits per heavy atom. The molecule has 2 N–H and O–H groups in total. The second kappa shape index (κ2) is 12.1. The van der Waals surface area contributed by atoms with Crippen LogP contribution >= 0.6 is 11.3 Å². The van der Waals surface area contributed by atoms with E-state index < -0.39 is 63.2 Å². The van der Waals surface area contributed by atoms with Gasteiger partial charge in [0, 0.05) is 24.1 Å². The van der Waals surface area contributed by atoms with Crippen LogP contribution in [-0.2, 0) is 12.8 Å². The van der Waals surface area contributed by atoms with Gasteiger partial charge in [0.15, 0.2) is 10.9 Å². The smallest absolute Gasteiger partial charge is 0.417 e. The Hall–Kier alpha value is -4.70. The van der Waals surface area contributed by atoms with E-state index >= 15 is 4.39 Å². The molecule has 250 valence electrons. The summed E-state index contributed by atoms with van der Waals surface area (Å²) >= 11 is 0.541. The van der Waals surface area contributed by atoms with Crippen molar-refractivity contribution < 1.29 is 45.7 Å². The normalized spacial score (nSPS) is 19.6. The molecule has 9 nitrogen and oxygen atoms in total. The molecule has 2 aromatic heterocycles. The van der Waals surface area contributed by atoms with Crippen molar-refractivity contribution in [2.75, 3.05) is 25.0 Å². The standard InChI is InChI=1S/C32H25F6N5O4S/c33-17-12-31(9-4-10-43(31)13-17)15-47-28-39-24-19(27(41-28)46-14-16-5-2-1-3-6-16)11-20(32(36,37)38)22(23(24)35)18-7-8-21(34)26-25(18)40-29(48-26)42-30(44)45/h1-3,5-8,11,17H,4,9-10,12-15H2,(H,40,42)(H,44,45)/t17-,31+/m1/s1. The van der Waals surface area contributed by atoms with Gasteiger partial charge in [-0.3, -0.25) is 10.2 Å². The number of anilines is 1. The maximum absolute atomic E-state index is 16.7. The highest BCUT2D eigenvalue weighted by atomic mass is 32.1. The number of amides is 1. The molecule has 2 fully saturated rings. The lowest BCUT2D eigenvalue weighted by molar-refractivity contribution is -0.137. The van der Waals surface area contributed by atoms with Gasteiger partial charge in [-0.2, -0.15) is 23.1 Å². The molecule has 2 atom stereocenters. The number of nitrogens with one attached hydrogen (secondary N) is 1. The first-order chi connectivity index (χ1) is 22.9. The molecule has 2 aliphatic rings. The van der Waals surface area contributed by atoms with Gasteiger partial charge in [0.25, 0.3) is 0 Å². The Labute approximate surface area is 272 Å². The minimum atomic E-state index is -5.13. The summed E-state index contributed by atoms with van der Waals surface area (Å²) in [4.78, 5) is 25.6. The molecule has 48 heavy (non-hydrogen) atoms. The number of hydrogen-bond donors (Lipinski definition) is 2. The number of aromatic nitrogens is 3. The van der Waals surface area contributed by atoms with Gasteiger partial charge >= 0.3 is 18.3 Å². The van der Waals surface area contributed by atoms with Crippen molar-refractivity contribution >= 4 is 43.7 Å². The van der Waals surface area contributed by atoms with Gasteiger partial charge in [0.1, 0.15) is 30.7 Å². The van der Waals surface area contributed by atoms with Crippen molar-refractivity contribution in [3.63, 3.8) is 0 Å². The summed E-state index contributed by atoms with van der Waals surface area (Å²) in [5.74, 6) is -2.70. The molecule has 0 radical (unpaired) electrons. The van der Waals surface area contributed by atoms with Crippen molar-refractivity contribution in [3.05, 3.63) is 71.3 Å². The maximum Gasteiger partial charge on any atom is 0.417 e. The topological polar surface area (TPSA) is 110 Å². The van der Waals surface area contributed by atoms with Crippen molar-refractivity contribution in [2.45, 2.75) is 43.8 Å². The van der Waals surface area contributed by atoms with Gasteiger partial charge < -0.3 is 14.6 Å². The molecule has 1 amide bonds. The second-order valence-electron chi connectivity index (χ2n) is 11.7. The van der Waals surface area contributed by atoms with Crippen molar-refractivity contribution in [1.82, 2.24) is 19.9 Å². The number of alkyl halides is 4. The van der Waals surface area contributed by atoms with Crippen LogP contribution in [0.3, 0.4) is 0 Å². The number of carboxylic acid groups (broad SMARTS) is 1. The fourth-order valence-corrected chi connectivity index (χ4v) is 7.42. The summed E-state index contributed by atoms with van der Waals surface area (Å²) in [6.45, 7) is 0.758. The molecule has 0 saturated carbocycles. The van der Waals surface area contributed by atoms with Crippen molar-refractivity contribution in [2.24, 2.45) is 0 Å². The fourth-order valence-electron chi connectivity index (χ4n) is 6.54. The molecule has 0 spiro atoms. The average molecular weight is 690 g/mol. The number of halogens is 6. The van der Waals surface area contributed by atoms with Crippen LogP contribution in [0.15, 0.2) is 48.5 Å². The number of nitrogens with zero attached hydrogens (tertiary/aromatic N) is 4. The first-order valence-electron chi connectivity index (χ1n) is 14.8. The first-order valence-corrected chi connectivity index (χ1v) is 15.6. The number of benzene rings is 3. The third kappa shape index (κ3) is 5.83. The summed E-state index contributed by atoms with van der Waals surface area (Å²) in [5, 5.41) is 10.3. The molecule has 2 aliphatic heterocycles. The monoisotopic (exact) mass is 689 g/mol. The third-order valence-corrected chi connectivity index (χ3v) is 9.59. The van der Waals surface area contributed by atoms with E-state index in [0.29, 0.717) is 35.9 Å². The summed E-state index contributed by atoms with van der Waals surface area (Å²) in [6.07, 6.45) is -6.02. The van der Waals surface area contributed by atoms with Gasteiger partial charge in [-0.15, -0.1) is 0 Å². The predicted octanol–water partition coefficient (Wildman–Crippen LogP) is 7.83.